The molecule has 2 rings (SSSR count). The summed E-state index contributed by atoms with van der Waals surface area (Å²) in [5.74, 6) is 1.95. The van der Waals surface area contributed by atoms with Crippen LogP contribution in [-0.4, -0.2) is 18.3 Å². The Hall–Kier alpha value is -1.22. The van der Waals surface area contributed by atoms with Gasteiger partial charge in [0.15, 0.2) is 0 Å². The van der Waals surface area contributed by atoms with E-state index < -0.39 is 0 Å². The Morgan fingerprint density at radius 3 is 2.88 bits per heavy atom. The maximum Gasteiger partial charge on any atom is 0.120 e. The number of ether oxygens (including phenoxy) is 1. The lowest BCUT2D eigenvalue weighted by atomic mass is 10.1. The van der Waals surface area contributed by atoms with Gasteiger partial charge in [0.25, 0.3) is 0 Å². The third-order valence-electron chi connectivity index (χ3n) is 3.56. The molecule has 3 heteroatoms. The molecular formula is C14H21NO2. The molecule has 1 saturated carbocycles. The molecule has 0 bridgehead atoms. The fourth-order valence-electron chi connectivity index (χ4n) is 2.48. The first kappa shape index (κ1) is 12.2. The summed E-state index contributed by atoms with van der Waals surface area (Å²) in [6, 6.07) is 5.94. The summed E-state index contributed by atoms with van der Waals surface area (Å²) >= 11 is 0. The van der Waals surface area contributed by atoms with Crippen molar-refractivity contribution in [3.63, 3.8) is 0 Å². The van der Waals surface area contributed by atoms with E-state index >= 15 is 0 Å². The highest BCUT2D eigenvalue weighted by molar-refractivity contribution is 5.39. The zero-order valence-corrected chi connectivity index (χ0v) is 10.6. The van der Waals surface area contributed by atoms with Crippen LogP contribution in [0, 0.1) is 5.92 Å². The summed E-state index contributed by atoms with van der Waals surface area (Å²) in [6.07, 6.45) is 3.79. The quantitative estimate of drug-likeness (QED) is 0.843. The summed E-state index contributed by atoms with van der Waals surface area (Å²) < 4.78 is 5.16. The Kier molecular flexibility index (Phi) is 3.89. The minimum atomic E-state index is 0.337. The van der Waals surface area contributed by atoms with Gasteiger partial charge in [-0.1, -0.05) is 6.92 Å². The van der Waals surface area contributed by atoms with Crippen LogP contribution >= 0.6 is 0 Å². The molecule has 2 atom stereocenters. The normalized spacial score (nSPS) is 23.9. The number of methoxy groups -OCH3 is 1. The first-order valence-corrected chi connectivity index (χ1v) is 6.28. The van der Waals surface area contributed by atoms with Crippen molar-refractivity contribution >= 4 is 0 Å². The molecule has 0 spiro atoms. The molecular weight excluding hydrogens is 214 g/mol. The first-order chi connectivity index (χ1) is 8.19. The summed E-state index contributed by atoms with van der Waals surface area (Å²) in [4.78, 5) is 0. The second kappa shape index (κ2) is 5.41. The van der Waals surface area contributed by atoms with Crippen LogP contribution < -0.4 is 10.1 Å². The van der Waals surface area contributed by atoms with Crippen molar-refractivity contribution in [2.75, 3.05) is 7.11 Å². The zero-order valence-electron chi connectivity index (χ0n) is 10.6. The van der Waals surface area contributed by atoms with Crippen molar-refractivity contribution in [3.05, 3.63) is 23.8 Å². The molecule has 1 fully saturated rings. The van der Waals surface area contributed by atoms with Crippen LogP contribution in [0.15, 0.2) is 18.2 Å². The van der Waals surface area contributed by atoms with Gasteiger partial charge in [0.1, 0.15) is 11.5 Å². The van der Waals surface area contributed by atoms with E-state index in [1.54, 1.807) is 19.2 Å². The molecule has 0 aromatic heterocycles. The molecule has 1 aliphatic carbocycles. The second-order valence-electron chi connectivity index (χ2n) is 4.99. The average molecular weight is 235 g/mol. The molecule has 0 saturated heterocycles. The van der Waals surface area contributed by atoms with E-state index in [4.69, 9.17) is 4.74 Å². The third kappa shape index (κ3) is 3.13. The van der Waals surface area contributed by atoms with Gasteiger partial charge in [0, 0.05) is 18.2 Å². The number of benzene rings is 1. The van der Waals surface area contributed by atoms with E-state index in [-0.39, 0.29) is 0 Å². The van der Waals surface area contributed by atoms with E-state index in [1.807, 2.05) is 6.07 Å². The van der Waals surface area contributed by atoms with Crippen LogP contribution in [0.4, 0.5) is 0 Å². The van der Waals surface area contributed by atoms with Gasteiger partial charge < -0.3 is 15.2 Å². The maximum absolute atomic E-state index is 9.76. The predicted octanol–water partition coefficient (Wildman–Crippen LogP) is 2.68. The SMILES string of the molecule is COc1ccc(O)c(CNC2CCC(C)C2)c1. The Bertz CT molecular complexity index is 378. The highest BCUT2D eigenvalue weighted by Gasteiger charge is 2.20. The van der Waals surface area contributed by atoms with Crippen molar-refractivity contribution < 1.29 is 9.84 Å². The highest BCUT2D eigenvalue weighted by atomic mass is 16.5. The lowest BCUT2D eigenvalue weighted by Crippen LogP contribution is -2.25. The first-order valence-electron chi connectivity index (χ1n) is 6.28. The van der Waals surface area contributed by atoms with Gasteiger partial charge in [-0.05, 0) is 43.4 Å². The molecule has 0 aliphatic heterocycles. The number of aromatic hydroxyl groups is 1. The van der Waals surface area contributed by atoms with Gasteiger partial charge in [-0.2, -0.15) is 0 Å². The number of hydrogen-bond acceptors (Lipinski definition) is 3. The molecule has 94 valence electrons. The van der Waals surface area contributed by atoms with Gasteiger partial charge in [-0.3, -0.25) is 0 Å². The average Bonchev–Trinajstić information content (AvgIpc) is 2.74. The number of phenols is 1. The third-order valence-corrected chi connectivity index (χ3v) is 3.56. The van der Waals surface area contributed by atoms with Crippen LogP contribution in [0.3, 0.4) is 0 Å². The highest BCUT2D eigenvalue weighted by Crippen LogP contribution is 2.26. The minimum Gasteiger partial charge on any atom is -0.508 e. The van der Waals surface area contributed by atoms with Gasteiger partial charge >= 0.3 is 0 Å². The van der Waals surface area contributed by atoms with E-state index in [1.165, 1.54) is 19.3 Å². The van der Waals surface area contributed by atoms with Crippen LogP contribution in [-0.2, 0) is 6.54 Å². The Labute approximate surface area is 103 Å². The number of phenolic OH excluding ortho intramolecular Hbond substituents is 1. The van der Waals surface area contributed by atoms with Crippen LogP contribution in [0.2, 0.25) is 0 Å². The summed E-state index contributed by atoms with van der Waals surface area (Å²) in [5, 5.41) is 13.3. The minimum absolute atomic E-state index is 0.337. The predicted molar refractivity (Wildman–Crippen MR) is 68.3 cm³/mol. The molecule has 1 aliphatic rings. The van der Waals surface area contributed by atoms with Gasteiger partial charge in [-0.25, -0.2) is 0 Å². The van der Waals surface area contributed by atoms with E-state index in [0.717, 1.165) is 17.2 Å². The largest absolute Gasteiger partial charge is 0.508 e. The molecule has 1 aromatic rings. The van der Waals surface area contributed by atoms with Gasteiger partial charge in [-0.15, -0.1) is 0 Å². The van der Waals surface area contributed by atoms with Gasteiger partial charge in [0.05, 0.1) is 7.11 Å². The van der Waals surface area contributed by atoms with E-state index in [9.17, 15) is 5.11 Å². The summed E-state index contributed by atoms with van der Waals surface area (Å²) in [6.45, 7) is 3.01. The van der Waals surface area contributed by atoms with Crippen molar-refractivity contribution in [3.8, 4) is 11.5 Å². The lowest BCUT2D eigenvalue weighted by molar-refractivity contribution is 0.408. The molecule has 0 heterocycles. The van der Waals surface area contributed by atoms with Crippen LogP contribution in [0.1, 0.15) is 31.7 Å². The molecule has 2 unspecified atom stereocenters. The monoisotopic (exact) mass is 235 g/mol. The second-order valence-corrected chi connectivity index (χ2v) is 4.99. The summed E-state index contributed by atoms with van der Waals surface area (Å²) in [7, 11) is 1.64. The molecule has 17 heavy (non-hydrogen) atoms. The number of nitrogens with one attached hydrogen (secondary N) is 1. The zero-order chi connectivity index (χ0) is 12.3. The fourth-order valence-corrected chi connectivity index (χ4v) is 2.48. The molecule has 0 amide bonds. The van der Waals surface area contributed by atoms with Crippen LogP contribution in [0.25, 0.3) is 0 Å². The molecule has 1 aromatic carbocycles. The molecule has 2 N–H and O–H groups in total. The molecule has 0 radical (unpaired) electrons. The van der Waals surface area contributed by atoms with Crippen molar-refractivity contribution in [2.45, 2.75) is 38.8 Å². The maximum atomic E-state index is 9.76. The number of hydrogen-bond donors (Lipinski definition) is 2. The summed E-state index contributed by atoms with van der Waals surface area (Å²) in [5.41, 5.74) is 0.906. The Balaban J connectivity index is 1.94. The number of rotatable bonds is 4. The Morgan fingerprint density at radius 2 is 2.24 bits per heavy atom. The fraction of sp³-hybridized carbons (Fsp3) is 0.571. The smallest absolute Gasteiger partial charge is 0.120 e. The van der Waals surface area contributed by atoms with E-state index in [2.05, 4.69) is 12.2 Å². The van der Waals surface area contributed by atoms with Crippen molar-refractivity contribution in [1.29, 1.82) is 0 Å². The lowest BCUT2D eigenvalue weighted by Gasteiger charge is -2.13. The standard InChI is InChI=1S/C14H21NO2/c1-10-3-4-12(7-10)15-9-11-8-13(17-2)5-6-14(11)16/h5-6,8,10,12,15-16H,3-4,7,9H2,1-2H3. The van der Waals surface area contributed by atoms with Gasteiger partial charge in [0.2, 0.25) is 0 Å². The van der Waals surface area contributed by atoms with Crippen LogP contribution in [0.5, 0.6) is 11.5 Å². The van der Waals surface area contributed by atoms with Crippen molar-refractivity contribution in [2.24, 2.45) is 5.92 Å². The molecule has 3 nitrogen and oxygen atoms in total. The topological polar surface area (TPSA) is 41.5 Å². The van der Waals surface area contributed by atoms with Crippen molar-refractivity contribution in [1.82, 2.24) is 5.32 Å². The Morgan fingerprint density at radius 1 is 1.41 bits per heavy atom. The van der Waals surface area contributed by atoms with E-state index in [0.29, 0.717) is 18.3 Å².